The maximum absolute atomic E-state index is 5.53. The van der Waals surface area contributed by atoms with Crippen molar-refractivity contribution in [2.24, 2.45) is 11.3 Å². The average Bonchev–Trinajstić information content (AvgIpc) is 2.29. The number of ether oxygens (including phenoxy) is 1. The number of methoxy groups -OCH3 is 1. The molecule has 0 amide bonds. The second-order valence-electron chi connectivity index (χ2n) is 7.05. The van der Waals surface area contributed by atoms with E-state index in [9.17, 15) is 0 Å². The summed E-state index contributed by atoms with van der Waals surface area (Å²) >= 11 is 3.53. The number of aryl methyl sites for hydroxylation is 1. The smallest absolute Gasteiger partial charge is 0.143 e. The fraction of sp³-hybridized carbons (Fsp3) is 0.647. The van der Waals surface area contributed by atoms with Crippen LogP contribution in [0.25, 0.3) is 0 Å². The summed E-state index contributed by atoms with van der Waals surface area (Å²) in [6, 6.07) is 4.71. The van der Waals surface area contributed by atoms with E-state index >= 15 is 0 Å². The van der Waals surface area contributed by atoms with Crippen molar-refractivity contribution < 1.29 is 4.74 Å². The molecule has 0 heterocycles. The van der Waals surface area contributed by atoms with E-state index < -0.39 is 0 Å². The number of rotatable bonds is 3. The predicted octanol–water partition coefficient (Wildman–Crippen LogP) is 5.39. The van der Waals surface area contributed by atoms with Gasteiger partial charge in [-0.3, -0.25) is 0 Å². The summed E-state index contributed by atoms with van der Waals surface area (Å²) in [7, 11) is 1.74. The van der Waals surface area contributed by atoms with Crippen molar-refractivity contribution in [1.29, 1.82) is 0 Å². The highest BCUT2D eigenvalue weighted by Gasteiger charge is 2.32. The fourth-order valence-electron chi connectivity index (χ4n) is 3.72. The van der Waals surface area contributed by atoms with Gasteiger partial charge in [0.2, 0.25) is 0 Å². The van der Waals surface area contributed by atoms with Crippen LogP contribution in [0.4, 0.5) is 5.69 Å². The third-order valence-electron chi connectivity index (χ3n) is 4.22. The molecule has 1 aliphatic rings. The van der Waals surface area contributed by atoms with Gasteiger partial charge in [0.15, 0.2) is 0 Å². The SMILES string of the molecule is COc1cc(Br)cc(C)c1NC1CC(C)CC(C)(C)C1. The van der Waals surface area contributed by atoms with E-state index in [1.807, 2.05) is 6.07 Å². The van der Waals surface area contributed by atoms with Crippen LogP contribution in [-0.2, 0) is 0 Å². The minimum absolute atomic E-state index is 0.422. The molecular formula is C17H26BrNO. The second kappa shape index (κ2) is 5.97. The third kappa shape index (κ3) is 3.69. The number of hydrogen-bond donors (Lipinski definition) is 1. The van der Waals surface area contributed by atoms with E-state index in [1.165, 1.54) is 24.8 Å². The van der Waals surface area contributed by atoms with Crippen molar-refractivity contribution >= 4 is 21.6 Å². The molecule has 0 aliphatic heterocycles. The quantitative estimate of drug-likeness (QED) is 0.796. The van der Waals surface area contributed by atoms with Crippen LogP contribution in [0.15, 0.2) is 16.6 Å². The van der Waals surface area contributed by atoms with Crippen LogP contribution in [-0.4, -0.2) is 13.2 Å². The van der Waals surface area contributed by atoms with Crippen molar-refractivity contribution in [3.63, 3.8) is 0 Å². The van der Waals surface area contributed by atoms with Gasteiger partial charge in [0.1, 0.15) is 5.75 Å². The molecule has 2 nitrogen and oxygen atoms in total. The normalized spacial score (nSPS) is 25.3. The average molecular weight is 340 g/mol. The Balaban J connectivity index is 2.21. The highest BCUT2D eigenvalue weighted by Crippen LogP contribution is 2.41. The Labute approximate surface area is 131 Å². The molecule has 1 aliphatic carbocycles. The highest BCUT2D eigenvalue weighted by atomic mass is 79.9. The minimum Gasteiger partial charge on any atom is -0.495 e. The van der Waals surface area contributed by atoms with Crippen molar-refractivity contribution in [3.8, 4) is 5.75 Å². The van der Waals surface area contributed by atoms with E-state index in [0.29, 0.717) is 11.5 Å². The lowest BCUT2D eigenvalue weighted by Gasteiger charge is -2.40. The summed E-state index contributed by atoms with van der Waals surface area (Å²) in [5, 5.41) is 3.74. The lowest BCUT2D eigenvalue weighted by Crippen LogP contribution is -2.35. The Bertz CT molecular complexity index is 484. The standard InChI is InChI=1S/C17H26BrNO/c1-11-6-14(10-17(3,4)9-11)19-16-12(2)7-13(18)8-15(16)20-5/h7-8,11,14,19H,6,9-10H2,1-5H3. The van der Waals surface area contributed by atoms with E-state index in [4.69, 9.17) is 4.74 Å². The maximum atomic E-state index is 5.53. The first kappa shape index (κ1) is 15.7. The van der Waals surface area contributed by atoms with E-state index in [-0.39, 0.29) is 0 Å². The highest BCUT2D eigenvalue weighted by molar-refractivity contribution is 9.10. The molecule has 112 valence electrons. The van der Waals surface area contributed by atoms with Gasteiger partial charge in [0, 0.05) is 10.5 Å². The first-order valence-electron chi connectivity index (χ1n) is 7.41. The molecule has 1 aromatic carbocycles. The first-order valence-corrected chi connectivity index (χ1v) is 8.21. The van der Waals surface area contributed by atoms with Crippen LogP contribution >= 0.6 is 15.9 Å². The lowest BCUT2D eigenvalue weighted by molar-refractivity contribution is 0.177. The molecule has 2 rings (SSSR count). The van der Waals surface area contributed by atoms with Gasteiger partial charge in [-0.15, -0.1) is 0 Å². The molecule has 1 saturated carbocycles. The number of benzene rings is 1. The van der Waals surface area contributed by atoms with Crippen molar-refractivity contribution in [2.45, 2.75) is 53.0 Å². The predicted molar refractivity (Wildman–Crippen MR) is 89.6 cm³/mol. The number of halogens is 1. The summed E-state index contributed by atoms with van der Waals surface area (Å²) < 4.78 is 6.60. The van der Waals surface area contributed by atoms with Gasteiger partial charge < -0.3 is 10.1 Å². The molecule has 0 saturated heterocycles. The monoisotopic (exact) mass is 339 g/mol. The molecule has 1 fully saturated rings. The molecule has 0 radical (unpaired) electrons. The summed E-state index contributed by atoms with van der Waals surface area (Å²) in [6.45, 7) is 9.25. The molecule has 3 heteroatoms. The molecule has 2 atom stereocenters. The van der Waals surface area contributed by atoms with Crippen molar-refractivity contribution in [1.82, 2.24) is 0 Å². The Morgan fingerprint density at radius 2 is 2.00 bits per heavy atom. The summed E-state index contributed by atoms with van der Waals surface area (Å²) in [4.78, 5) is 0. The maximum Gasteiger partial charge on any atom is 0.143 e. The molecule has 0 bridgehead atoms. The van der Waals surface area contributed by atoms with E-state index in [0.717, 1.165) is 21.8 Å². The zero-order valence-corrected chi connectivity index (χ0v) is 14.8. The zero-order valence-electron chi connectivity index (χ0n) is 13.2. The molecule has 20 heavy (non-hydrogen) atoms. The van der Waals surface area contributed by atoms with Crippen LogP contribution in [0.5, 0.6) is 5.75 Å². The van der Waals surface area contributed by atoms with Crippen LogP contribution < -0.4 is 10.1 Å². The Morgan fingerprint density at radius 1 is 1.30 bits per heavy atom. The summed E-state index contributed by atoms with van der Waals surface area (Å²) in [5.41, 5.74) is 2.80. The largest absolute Gasteiger partial charge is 0.495 e. The number of nitrogens with one attached hydrogen (secondary N) is 1. The Hall–Kier alpha value is -0.700. The summed E-state index contributed by atoms with van der Waals surface area (Å²) in [6.07, 6.45) is 3.78. The molecule has 1 aromatic rings. The van der Waals surface area contributed by atoms with Gasteiger partial charge in [0.05, 0.1) is 12.8 Å². The number of hydrogen-bond acceptors (Lipinski definition) is 2. The van der Waals surface area contributed by atoms with Gasteiger partial charge >= 0.3 is 0 Å². The van der Waals surface area contributed by atoms with Gasteiger partial charge in [0.25, 0.3) is 0 Å². The van der Waals surface area contributed by atoms with Gasteiger partial charge in [-0.05, 0) is 55.2 Å². The Morgan fingerprint density at radius 3 is 2.60 bits per heavy atom. The zero-order chi connectivity index (χ0) is 14.9. The fourth-order valence-corrected chi connectivity index (χ4v) is 4.27. The second-order valence-corrected chi connectivity index (χ2v) is 7.97. The van der Waals surface area contributed by atoms with Crippen LogP contribution in [0, 0.1) is 18.3 Å². The molecular weight excluding hydrogens is 314 g/mol. The van der Waals surface area contributed by atoms with Crippen molar-refractivity contribution in [3.05, 3.63) is 22.2 Å². The third-order valence-corrected chi connectivity index (χ3v) is 4.68. The molecule has 1 N–H and O–H groups in total. The Kier molecular flexibility index (Phi) is 4.68. The van der Waals surface area contributed by atoms with Gasteiger partial charge in [-0.25, -0.2) is 0 Å². The number of anilines is 1. The molecule has 2 unspecified atom stereocenters. The van der Waals surface area contributed by atoms with Crippen LogP contribution in [0.3, 0.4) is 0 Å². The lowest BCUT2D eigenvalue weighted by atomic mass is 9.70. The van der Waals surface area contributed by atoms with E-state index in [1.54, 1.807) is 7.11 Å². The van der Waals surface area contributed by atoms with Gasteiger partial charge in [-0.1, -0.05) is 36.7 Å². The van der Waals surface area contributed by atoms with Crippen LogP contribution in [0.1, 0.15) is 45.6 Å². The minimum atomic E-state index is 0.422. The first-order chi connectivity index (χ1) is 9.30. The van der Waals surface area contributed by atoms with Gasteiger partial charge in [-0.2, -0.15) is 0 Å². The topological polar surface area (TPSA) is 21.3 Å². The summed E-state index contributed by atoms with van der Waals surface area (Å²) in [5.74, 6) is 1.70. The van der Waals surface area contributed by atoms with E-state index in [2.05, 4.69) is 55.0 Å². The molecule has 0 aromatic heterocycles. The van der Waals surface area contributed by atoms with Crippen LogP contribution in [0.2, 0.25) is 0 Å². The van der Waals surface area contributed by atoms with Crippen molar-refractivity contribution in [2.75, 3.05) is 12.4 Å². The molecule has 0 spiro atoms.